The quantitative estimate of drug-likeness (QED) is 0.774. The Bertz CT molecular complexity index is 859. The Labute approximate surface area is 167 Å². The lowest BCUT2D eigenvalue weighted by Gasteiger charge is -2.50. The minimum Gasteiger partial charge on any atom is -0.478 e. The highest BCUT2D eigenvalue weighted by Crippen LogP contribution is 2.54. The summed E-state index contributed by atoms with van der Waals surface area (Å²) in [4.78, 5) is 11.5. The van der Waals surface area contributed by atoms with E-state index in [1.54, 1.807) is 6.07 Å². The largest absolute Gasteiger partial charge is 0.478 e. The van der Waals surface area contributed by atoms with Crippen molar-refractivity contribution in [2.45, 2.75) is 69.3 Å². The molecule has 2 aliphatic carbocycles. The molecular weight excluding hydrogens is 348 g/mol. The van der Waals surface area contributed by atoms with Gasteiger partial charge in [-0.25, -0.2) is 4.79 Å². The van der Waals surface area contributed by atoms with E-state index >= 15 is 0 Å². The molecule has 1 saturated carbocycles. The summed E-state index contributed by atoms with van der Waals surface area (Å²) in [5, 5.41) is 20.5. The van der Waals surface area contributed by atoms with Gasteiger partial charge in [-0.05, 0) is 86.1 Å². The van der Waals surface area contributed by atoms with Gasteiger partial charge in [0.05, 0.1) is 11.2 Å². The summed E-state index contributed by atoms with van der Waals surface area (Å²) in [5.41, 5.74) is 3.64. The molecule has 0 aromatic heterocycles. The van der Waals surface area contributed by atoms with Crippen LogP contribution in [0.5, 0.6) is 0 Å². The standard InChI is InChI=1S/C25H30O3/c1-2-24(28)13-14-25(16-18-7-4-3-5-8-18)21(17-24)10-6-9-19-15-20(23(26)27)11-12-22(19)25/h3-5,7-8,11-12,15,21,28H,2,6,9-10,13-14,16-17H2,1H3,(H,26,27)/t21-,24+,25-/m1/s1. The summed E-state index contributed by atoms with van der Waals surface area (Å²) in [5.74, 6) is -0.437. The molecule has 3 nitrogen and oxygen atoms in total. The number of fused-ring (bicyclic) bond motifs is 3. The molecule has 0 spiro atoms. The average molecular weight is 379 g/mol. The molecule has 3 heteroatoms. The van der Waals surface area contributed by atoms with Crippen LogP contribution in [0.15, 0.2) is 48.5 Å². The lowest BCUT2D eigenvalue weighted by molar-refractivity contribution is -0.0497. The maximum atomic E-state index is 11.5. The van der Waals surface area contributed by atoms with Crippen molar-refractivity contribution in [1.29, 1.82) is 0 Å². The van der Waals surface area contributed by atoms with Gasteiger partial charge in [0, 0.05) is 5.41 Å². The Kier molecular flexibility index (Phi) is 5.05. The topological polar surface area (TPSA) is 57.5 Å². The molecule has 2 aromatic rings. The van der Waals surface area contributed by atoms with Gasteiger partial charge in [-0.3, -0.25) is 0 Å². The van der Waals surface area contributed by atoms with Crippen molar-refractivity contribution in [1.82, 2.24) is 0 Å². The molecule has 2 aromatic carbocycles. The van der Waals surface area contributed by atoms with Crippen LogP contribution >= 0.6 is 0 Å². The number of aliphatic hydroxyl groups is 1. The Morgan fingerprint density at radius 1 is 1.14 bits per heavy atom. The van der Waals surface area contributed by atoms with E-state index in [1.165, 1.54) is 16.7 Å². The molecule has 2 aliphatic rings. The van der Waals surface area contributed by atoms with Crippen LogP contribution in [-0.4, -0.2) is 21.8 Å². The molecule has 0 amide bonds. The maximum Gasteiger partial charge on any atom is 0.335 e. The molecule has 0 saturated heterocycles. The number of hydrogen-bond donors (Lipinski definition) is 2. The molecule has 3 atom stereocenters. The van der Waals surface area contributed by atoms with Crippen molar-refractivity contribution in [2.24, 2.45) is 5.92 Å². The number of benzene rings is 2. The number of rotatable bonds is 4. The number of carboxylic acids is 1. The SMILES string of the molecule is CC[C@]1(O)CC[C@]2(Cc3ccccc3)c3ccc(C(=O)O)cc3CCC[C@@H]2C1. The van der Waals surface area contributed by atoms with Crippen LogP contribution in [0, 0.1) is 5.92 Å². The second-order valence-electron chi connectivity index (χ2n) is 8.87. The molecular formula is C25H30O3. The lowest BCUT2D eigenvalue weighted by atomic mass is 9.55. The number of carboxylic acid groups (broad SMARTS) is 1. The van der Waals surface area contributed by atoms with Crippen LogP contribution in [0.1, 0.15) is 72.5 Å². The van der Waals surface area contributed by atoms with Crippen LogP contribution in [0.2, 0.25) is 0 Å². The Hall–Kier alpha value is -2.13. The highest BCUT2D eigenvalue weighted by Gasteiger charge is 2.50. The van der Waals surface area contributed by atoms with Crippen molar-refractivity contribution in [2.75, 3.05) is 0 Å². The smallest absolute Gasteiger partial charge is 0.335 e. The van der Waals surface area contributed by atoms with Gasteiger partial charge in [0.25, 0.3) is 0 Å². The maximum absolute atomic E-state index is 11.5. The molecule has 28 heavy (non-hydrogen) atoms. The molecule has 0 heterocycles. The van der Waals surface area contributed by atoms with Gasteiger partial charge in [0.15, 0.2) is 0 Å². The van der Waals surface area contributed by atoms with E-state index in [1.807, 2.05) is 6.07 Å². The van der Waals surface area contributed by atoms with E-state index in [9.17, 15) is 15.0 Å². The van der Waals surface area contributed by atoms with E-state index in [0.29, 0.717) is 11.5 Å². The molecule has 1 fully saturated rings. The number of aryl methyl sites for hydroxylation is 1. The predicted octanol–water partition coefficient (Wildman–Crippen LogP) is 5.14. The van der Waals surface area contributed by atoms with Gasteiger partial charge in [-0.2, -0.15) is 0 Å². The van der Waals surface area contributed by atoms with Crippen LogP contribution in [-0.2, 0) is 18.3 Å². The van der Waals surface area contributed by atoms with Gasteiger partial charge in [-0.1, -0.05) is 43.3 Å². The first-order valence-corrected chi connectivity index (χ1v) is 10.6. The first-order chi connectivity index (χ1) is 13.5. The molecule has 2 N–H and O–H groups in total. The summed E-state index contributed by atoms with van der Waals surface area (Å²) in [6.45, 7) is 2.09. The zero-order valence-electron chi connectivity index (χ0n) is 16.7. The first kappa shape index (κ1) is 19.2. The van der Waals surface area contributed by atoms with Crippen LogP contribution in [0.25, 0.3) is 0 Å². The van der Waals surface area contributed by atoms with Gasteiger partial charge in [-0.15, -0.1) is 0 Å². The number of aromatic carboxylic acids is 1. The van der Waals surface area contributed by atoms with E-state index < -0.39 is 11.6 Å². The van der Waals surface area contributed by atoms with Crippen molar-refractivity contribution in [3.05, 3.63) is 70.8 Å². The van der Waals surface area contributed by atoms with E-state index in [-0.39, 0.29) is 5.41 Å². The number of carbonyl (C=O) groups is 1. The first-order valence-electron chi connectivity index (χ1n) is 10.6. The van der Waals surface area contributed by atoms with E-state index in [2.05, 4.69) is 43.3 Å². The third-order valence-electron chi connectivity index (χ3n) is 7.35. The van der Waals surface area contributed by atoms with Gasteiger partial charge in [0.1, 0.15) is 0 Å². The van der Waals surface area contributed by atoms with E-state index in [0.717, 1.165) is 51.4 Å². The summed E-state index contributed by atoms with van der Waals surface area (Å²) < 4.78 is 0. The molecule has 0 radical (unpaired) electrons. The van der Waals surface area contributed by atoms with Gasteiger partial charge in [0.2, 0.25) is 0 Å². The highest BCUT2D eigenvalue weighted by atomic mass is 16.4. The van der Waals surface area contributed by atoms with Crippen LogP contribution < -0.4 is 0 Å². The zero-order valence-corrected chi connectivity index (χ0v) is 16.7. The van der Waals surface area contributed by atoms with Crippen LogP contribution in [0.3, 0.4) is 0 Å². The van der Waals surface area contributed by atoms with Crippen molar-refractivity contribution in [3.8, 4) is 0 Å². The third kappa shape index (κ3) is 3.37. The molecule has 0 aliphatic heterocycles. The minimum absolute atomic E-state index is 0.0222. The minimum atomic E-state index is -0.857. The third-order valence-corrected chi connectivity index (χ3v) is 7.35. The molecule has 0 bridgehead atoms. The number of hydrogen-bond acceptors (Lipinski definition) is 2. The summed E-state index contributed by atoms with van der Waals surface area (Å²) in [6.07, 6.45) is 7.44. The summed E-state index contributed by atoms with van der Waals surface area (Å²) in [6, 6.07) is 16.4. The summed E-state index contributed by atoms with van der Waals surface area (Å²) >= 11 is 0. The second kappa shape index (κ2) is 7.36. The summed E-state index contributed by atoms with van der Waals surface area (Å²) in [7, 11) is 0. The second-order valence-corrected chi connectivity index (χ2v) is 8.87. The van der Waals surface area contributed by atoms with Crippen molar-refractivity contribution in [3.63, 3.8) is 0 Å². The highest BCUT2D eigenvalue weighted by molar-refractivity contribution is 5.88. The Morgan fingerprint density at radius 2 is 1.93 bits per heavy atom. The van der Waals surface area contributed by atoms with Crippen molar-refractivity contribution < 1.29 is 15.0 Å². The monoisotopic (exact) mass is 378 g/mol. The van der Waals surface area contributed by atoms with E-state index in [4.69, 9.17) is 0 Å². The van der Waals surface area contributed by atoms with Crippen LogP contribution in [0.4, 0.5) is 0 Å². The molecule has 148 valence electrons. The fourth-order valence-electron chi connectivity index (χ4n) is 5.72. The van der Waals surface area contributed by atoms with Gasteiger partial charge < -0.3 is 10.2 Å². The molecule has 4 rings (SSSR count). The molecule has 0 unspecified atom stereocenters. The lowest BCUT2D eigenvalue weighted by Crippen LogP contribution is -2.48. The Morgan fingerprint density at radius 3 is 2.64 bits per heavy atom. The predicted molar refractivity (Wildman–Crippen MR) is 111 cm³/mol. The average Bonchev–Trinajstić information content (AvgIpc) is 2.85. The fraction of sp³-hybridized carbons (Fsp3) is 0.480. The normalized spacial score (nSPS) is 29.4. The Balaban J connectivity index is 1.83. The van der Waals surface area contributed by atoms with Crippen molar-refractivity contribution >= 4 is 5.97 Å². The zero-order chi connectivity index (χ0) is 19.8. The van der Waals surface area contributed by atoms with Gasteiger partial charge >= 0.3 is 5.97 Å². The fourth-order valence-corrected chi connectivity index (χ4v) is 5.72.